The first-order valence-corrected chi connectivity index (χ1v) is 10.4. The van der Waals surface area contributed by atoms with Crippen LogP contribution in [-0.4, -0.2) is 50.3 Å². The molecule has 30 heavy (non-hydrogen) atoms. The second-order valence-corrected chi connectivity index (χ2v) is 7.48. The Morgan fingerprint density at radius 2 is 1.40 bits per heavy atom. The monoisotopic (exact) mass is 408 g/mol. The Kier molecular flexibility index (Phi) is 6.84. The summed E-state index contributed by atoms with van der Waals surface area (Å²) < 4.78 is 21.9. The third-order valence-electron chi connectivity index (χ3n) is 5.19. The van der Waals surface area contributed by atoms with Crippen LogP contribution in [0, 0.1) is 0 Å². The summed E-state index contributed by atoms with van der Waals surface area (Å²) in [5.41, 5.74) is 3.42. The molecule has 1 N–H and O–H groups in total. The van der Waals surface area contributed by atoms with Gasteiger partial charge in [-0.2, -0.15) is 0 Å². The number of aliphatic hydroxyl groups excluding tert-OH is 1. The highest BCUT2D eigenvalue weighted by molar-refractivity contribution is 5.47. The predicted octanol–water partition coefficient (Wildman–Crippen LogP) is 3.87. The lowest BCUT2D eigenvalue weighted by atomic mass is 9.84. The van der Waals surface area contributed by atoms with Crippen molar-refractivity contribution in [3.63, 3.8) is 0 Å². The third kappa shape index (κ3) is 5.72. The van der Waals surface area contributed by atoms with Gasteiger partial charge in [0.1, 0.15) is 36.9 Å². The zero-order chi connectivity index (χ0) is 20.8. The van der Waals surface area contributed by atoms with E-state index in [0.29, 0.717) is 13.2 Å². The number of ether oxygens (including phenoxy) is 4. The van der Waals surface area contributed by atoms with E-state index >= 15 is 0 Å². The normalized spacial score (nSPS) is 21.5. The Morgan fingerprint density at radius 3 is 1.77 bits per heavy atom. The lowest BCUT2D eigenvalue weighted by Gasteiger charge is -2.21. The zero-order valence-electron chi connectivity index (χ0n) is 17.2. The minimum absolute atomic E-state index is 0.0100. The van der Waals surface area contributed by atoms with Gasteiger partial charge >= 0.3 is 0 Å². The summed E-state index contributed by atoms with van der Waals surface area (Å²) in [6.45, 7) is 4.79. The van der Waals surface area contributed by atoms with E-state index in [1.54, 1.807) is 6.08 Å². The first-order valence-electron chi connectivity index (χ1n) is 10.4. The van der Waals surface area contributed by atoms with Gasteiger partial charge in [0.25, 0.3) is 0 Å². The maximum atomic E-state index is 9.26. The van der Waals surface area contributed by atoms with Gasteiger partial charge in [0.05, 0.1) is 19.8 Å². The van der Waals surface area contributed by atoms with Crippen molar-refractivity contribution in [3.8, 4) is 11.5 Å². The van der Waals surface area contributed by atoms with Crippen LogP contribution in [0.4, 0.5) is 0 Å². The molecule has 4 rings (SSSR count). The number of hydrogen-bond acceptors (Lipinski definition) is 5. The Bertz CT molecular complexity index is 802. The van der Waals surface area contributed by atoms with Crippen LogP contribution in [0.2, 0.25) is 0 Å². The molecule has 2 atom stereocenters. The fourth-order valence-corrected chi connectivity index (χ4v) is 3.35. The van der Waals surface area contributed by atoms with Crippen molar-refractivity contribution in [2.24, 2.45) is 0 Å². The van der Waals surface area contributed by atoms with Gasteiger partial charge in [0.2, 0.25) is 0 Å². The second kappa shape index (κ2) is 9.94. The third-order valence-corrected chi connectivity index (χ3v) is 5.19. The van der Waals surface area contributed by atoms with Crippen molar-refractivity contribution in [2.45, 2.75) is 25.0 Å². The van der Waals surface area contributed by atoms with Crippen LogP contribution in [0.25, 0.3) is 0 Å². The molecule has 2 aromatic carbocycles. The quantitative estimate of drug-likeness (QED) is 0.452. The number of allylic oxidation sites excluding steroid dienone is 3. The van der Waals surface area contributed by atoms with E-state index < -0.39 is 0 Å². The summed E-state index contributed by atoms with van der Waals surface area (Å²) in [6.07, 6.45) is 6.31. The molecule has 0 spiro atoms. The Balaban J connectivity index is 1.54. The minimum atomic E-state index is 0.0100. The number of aliphatic hydroxyl groups is 1. The van der Waals surface area contributed by atoms with E-state index in [2.05, 4.69) is 30.3 Å². The molecule has 0 radical (unpaired) electrons. The topological polar surface area (TPSA) is 63.8 Å². The molecule has 158 valence electrons. The van der Waals surface area contributed by atoms with E-state index in [9.17, 15) is 5.11 Å². The minimum Gasteiger partial charge on any atom is -0.491 e. The molecular weight excluding hydrogens is 380 g/mol. The molecule has 2 aliphatic heterocycles. The van der Waals surface area contributed by atoms with Gasteiger partial charge in [0, 0.05) is 5.92 Å². The molecular formula is C25H28O5. The fraction of sp³-hybridized carbons (Fsp3) is 0.360. The lowest BCUT2D eigenvalue weighted by Crippen LogP contribution is -2.07. The first kappa shape index (κ1) is 20.7. The van der Waals surface area contributed by atoms with Crippen LogP contribution < -0.4 is 9.47 Å². The Morgan fingerprint density at radius 1 is 0.933 bits per heavy atom. The van der Waals surface area contributed by atoms with E-state index in [0.717, 1.165) is 41.4 Å². The molecule has 0 aromatic heterocycles. The van der Waals surface area contributed by atoms with Crippen molar-refractivity contribution in [3.05, 3.63) is 83.5 Å². The smallest absolute Gasteiger partial charge is 0.119 e. The Labute approximate surface area is 177 Å². The van der Waals surface area contributed by atoms with E-state index in [4.69, 9.17) is 18.9 Å². The highest BCUT2D eigenvalue weighted by Gasteiger charge is 2.24. The lowest BCUT2D eigenvalue weighted by molar-refractivity contribution is 0.263. The number of benzene rings is 2. The second-order valence-electron chi connectivity index (χ2n) is 7.48. The SMILES string of the molecule is C/C=C(\C=C/CO)C(c1ccc(OCC2CO2)cc1)c1ccc(OCC2CO2)cc1. The molecule has 2 aromatic rings. The Hall–Kier alpha value is -2.60. The van der Waals surface area contributed by atoms with E-state index in [-0.39, 0.29) is 24.7 Å². The van der Waals surface area contributed by atoms with Crippen molar-refractivity contribution in [1.82, 2.24) is 0 Å². The number of hydrogen-bond donors (Lipinski definition) is 1. The van der Waals surface area contributed by atoms with Crippen molar-refractivity contribution in [1.29, 1.82) is 0 Å². The van der Waals surface area contributed by atoms with E-state index in [1.165, 1.54) is 0 Å². The van der Waals surface area contributed by atoms with Crippen LogP contribution in [0.1, 0.15) is 24.0 Å². The first-order chi connectivity index (χ1) is 14.8. The molecule has 0 amide bonds. The highest BCUT2D eigenvalue weighted by atomic mass is 16.6. The van der Waals surface area contributed by atoms with Crippen molar-refractivity contribution < 1.29 is 24.1 Å². The average molecular weight is 408 g/mol. The van der Waals surface area contributed by atoms with Gasteiger partial charge in [-0.1, -0.05) is 42.5 Å². The maximum absolute atomic E-state index is 9.26. The largest absolute Gasteiger partial charge is 0.491 e. The summed E-state index contributed by atoms with van der Waals surface area (Å²) in [4.78, 5) is 0. The molecule has 0 aliphatic carbocycles. The summed E-state index contributed by atoms with van der Waals surface area (Å²) in [5, 5.41) is 9.26. The van der Waals surface area contributed by atoms with Gasteiger partial charge in [-0.15, -0.1) is 0 Å². The average Bonchev–Trinajstić information content (AvgIpc) is 3.70. The molecule has 2 unspecified atom stereocenters. The predicted molar refractivity (Wildman–Crippen MR) is 115 cm³/mol. The summed E-state index contributed by atoms with van der Waals surface area (Å²) in [5.74, 6) is 1.72. The molecule has 2 aliphatic rings. The van der Waals surface area contributed by atoms with Crippen molar-refractivity contribution in [2.75, 3.05) is 33.0 Å². The van der Waals surface area contributed by atoms with Gasteiger partial charge in [0.15, 0.2) is 0 Å². The number of rotatable bonds is 11. The van der Waals surface area contributed by atoms with Crippen LogP contribution >= 0.6 is 0 Å². The number of epoxide rings is 2. The molecule has 2 heterocycles. The highest BCUT2D eigenvalue weighted by Crippen LogP contribution is 2.34. The fourth-order valence-electron chi connectivity index (χ4n) is 3.35. The molecule has 0 saturated carbocycles. The van der Waals surface area contributed by atoms with Crippen LogP contribution in [0.3, 0.4) is 0 Å². The molecule has 0 bridgehead atoms. The standard InChI is InChI=1S/C25H28O5/c1-2-18(4-3-13-26)25(19-5-9-21(10-6-19)27-14-23-16-29-23)20-7-11-22(12-8-20)28-15-24-17-30-24/h2-12,23-26H,13-17H2,1H3/b4-3-,18-2+. The van der Waals surface area contributed by atoms with Crippen LogP contribution in [-0.2, 0) is 9.47 Å². The van der Waals surface area contributed by atoms with Crippen molar-refractivity contribution >= 4 is 0 Å². The van der Waals surface area contributed by atoms with Gasteiger partial charge in [-0.3, -0.25) is 0 Å². The molecule has 2 fully saturated rings. The maximum Gasteiger partial charge on any atom is 0.119 e. The summed E-state index contributed by atoms with van der Waals surface area (Å²) in [7, 11) is 0. The van der Waals surface area contributed by atoms with Gasteiger partial charge in [-0.05, 0) is 47.9 Å². The van der Waals surface area contributed by atoms with E-state index in [1.807, 2.05) is 37.3 Å². The molecule has 5 nitrogen and oxygen atoms in total. The molecule has 2 saturated heterocycles. The molecule has 5 heteroatoms. The summed E-state index contributed by atoms with van der Waals surface area (Å²) in [6, 6.07) is 16.4. The van der Waals surface area contributed by atoms with Crippen LogP contribution in [0.5, 0.6) is 11.5 Å². The summed E-state index contributed by atoms with van der Waals surface area (Å²) >= 11 is 0. The van der Waals surface area contributed by atoms with Gasteiger partial charge < -0.3 is 24.1 Å². The zero-order valence-corrected chi connectivity index (χ0v) is 17.2. The van der Waals surface area contributed by atoms with Crippen LogP contribution in [0.15, 0.2) is 72.3 Å². The van der Waals surface area contributed by atoms with Gasteiger partial charge in [-0.25, -0.2) is 0 Å².